The van der Waals surface area contributed by atoms with E-state index in [4.69, 9.17) is 4.74 Å². The summed E-state index contributed by atoms with van der Waals surface area (Å²) in [5.74, 6) is -2.28. The molecule has 6 nitrogen and oxygen atoms in total. The summed E-state index contributed by atoms with van der Waals surface area (Å²) in [5.41, 5.74) is -0.568. The van der Waals surface area contributed by atoms with E-state index in [1.54, 1.807) is 20.8 Å². The number of piperazine rings is 1. The molecule has 1 N–H and O–H groups in total. The van der Waals surface area contributed by atoms with Crippen molar-refractivity contribution >= 4 is 16.0 Å². The molecule has 1 heterocycles. The number of hydrogen-bond acceptors (Lipinski definition) is 4. The molecular formula is C16H23F2N2O4S+. The molecule has 1 aromatic carbocycles. The summed E-state index contributed by atoms with van der Waals surface area (Å²) in [6, 6.07) is 2.40. The van der Waals surface area contributed by atoms with Gasteiger partial charge in [-0.2, -0.15) is 4.31 Å². The average molecular weight is 377 g/mol. The van der Waals surface area contributed by atoms with Crippen LogP contribution in [0.25, 0.3) is 0 Å². The minimum absolute atomic E-state index is 0.149. The van der Waals surface area contributed by atoms with Gasteiger partial charge < -0.3 is 9.64 Å². The van der Waals surface area contributed by atoms with Crippen molar-refractivity contribution in [3.63, 3.8) is 0 Å². The van der Waals surface area contributed by atoms with Crippen molar-refractivity contribution in [1.29, 1.82) is 0 Å². The zero-order valence-corrected chi connectivity index (χ0v) is 15.3. The number of quaternary nitrogens is 1. The fraction of sp³-hybridized carbons (Fsp3) is 0.562. The molecule has 0 bridgehead atoms. The summed E-state index contributed by atoms with van der Waals surface area (Å²) in [6.45, 7) is 6.60. The second kappa shape index (κ2) is 7.35. The predicted octanol–water partition coefficient (Wildman–Crippen LogP) is 0.196. The number of sulfonamides is 1. The van der Waals surface area contributed by atoms with Gasteiger partial charge in [-0.15, -0.1) is 0 Å². The molecule has 0 unspecified atom stereocenters. The first-order valence-electron chi connectivity index (χ1n) is 8.00. The summed E-state index contributed by atoms with van der Waals surface area (Å²) in [7, 11) is -4.03. The number of hydrogen-bond donors (Lipinski definition) is 1. The molecule has 0 spiro atoms. The number of nitrogens with zero attached hydrogens (tertiary/aromatic N) is 1. The molecule has 0 aromatic heterocycles. The van der Waals surface area contributed by atoms with Crippen molar-refractivity contribution in [3.8, 4) is 0 Å². The van der Waals surface area contributed by atoms with Crippen molar-refractivity contribution in [3.05, 3.63) is 29.8 Å². The van der Waals surface area contributed by atoms with E-state index in [1.807, 2.05) is 0 Å². The van der Waals surface area contributed by atoms with Gasteiger partial charge in [-0.1, -0.05) is 0 Å². The number of rotatable bonds is 4. The van der Waals surface area contributed by atoms with Gasteiger partial charge in [-0.05, 0) is 32.9 Å². The highest BCUT2D eigenvalue weighted by atomic mass is 32.2. The monoisotopic (exact) mass is 377 g/mol. The van der Waals surface area contributed by atoms with Gasteiger partial charge in [0.2, 0.25) is 10.0 Å². The molecule has 0 amide bonds. The molecule has 1 saturated heterocycles. The van der Waals surface area contributed by atoms with Crippen molar-refractivity contribution in [2.75, 3.05) is 32.7 Å². The summed E-state index contributed by atoms with van der Waals surface area (Å²) in [6.07, 6.45) is 0. The highest BCUT2D eigenvalue weighted by molar-refractivity contribution is 7.89. The summed E-state index contributed by atoms with van der Waals surface area (Å²) < 4.78 is 58.2. The van der Waals surface area contributed by atoms with E-state index in [9.17, 15) is 22.0 Å². The normalized spacial score (nSPS) is 17.5. The van der Waals surface area contributed by atoms with Crippen LogP contribution in [0.3, 0.4) is 0 Å². The zero-order valence-electron chi connectivity index (χ0n) is 14.5. The van der Waals surface area contributed by atoms with Crippen LogP contribution in [0.5, 0.6) is 0 Å². The predicted molar refractivity (Wildman–Crippen MR) is 86.5 cm³/mol. The maximum atomic E-state index is 13.8. The first kappa shape index (κ1) is 19.7. The summed E-state index contributed by atoms with van der Waals surface area (Å²) in [5, 5.41) is 0. The van der Waals surface area contributed by atoms with Crippen molar-refractivity contribution in [2.45, 2.75) is 31.3 Å². The van der Waals surface area contributed by atoms with Crippen LogP contribution in [0.1, 0.15) is 20.8 Å². The van der Waals surface area contributed by atoms with E-state index in [0.29, 0.717) is 19.2 Å². The quantitative estimate of drug-likeness (QED) is 0.761. The van der Waals surface area contributed by atoms with Crippen LogP contribution in [-0.2, 0) is 19.6 Å². The van der Waals surface area contributed by atoms with Gasteiger partial charge in [0, 0.05) is 6.07 Å². The summed E-state index contributed by atoms with van der Waals surface area (Å²) in [4.78, 5) is 12.2. The molecule has 9 heteroatoms. The fourth-order valence-electron chi connectivity index (χ4n) is 2.62. The van der Waals surface area contributed by atoms with Gasteiger partial charge in [-0.25, -0.2) is 22.0 Å². The van der Waals surface area contributed by atoms with Gasteiger partial charge in [0.25, 0.3) is 0 Å². The second-order valence-electron chi connectivity index (χ2n) is 6.99. The molecule has 2 rings (SSSR count). The Balaban J connectivity index is 1.98. The lowest BCUT2D eigenvalue weighted by Crippen LogP contribution is -3.15. The molecular weight excluding hydrogens is 354 g/mol. The number of esters is 1. The van der Waals surface area contributed by atoms with E-state index in [0.717, 1.165) is 21.3 Å². The van der Waals surface area contributed by atoms with Crippen LogP contribution in [0.2, 0.25) is 0 Å². The van der Waals surface area contributed by atoms with E-state index in [-0.39, 0.29) is 25.6 Å². The van der Waals surface area contributed by atoms with Gasteiger partial charge in [0.15, 0.2) is 6.54 Å². The molecule has 1 aliphatic heterocycles. The first-order valence-corrected chi connectivity index (χ1v) is 9.44. The van der Waals surface area contributed by atoms with Crippen LogP contribution in [0.4, 0.5) is 8.78 Å². The third-order valence-corrected chi connectivity index (χ3v) is 5.69. The Morgan fingerprint density at radius 3 is 2.36 bits per heavy atom. The van der Waals surface area contributed by atoms with Crippen molar-refractivity contribution in [2.24, 2.45) is 0 Å². The van der Waals surface area contributed by atoms with Gasteiger partial charge in [-0.3, -0.25) is 0 Å². The molecule has 140 valence electrons. The Kier molecular flexibility index (Phi) is 5.80. The van der Waals surface area contributed by atoms with Crippen LogP contribution in [0.15, 0.2) is 23.1 Å². The van der Waals surface area contributed by atoms with Crippen LogP contribution < -0.4 is 4.90 Å². The number of ether oxygens (including phenoxy) is 1. The number of benzene rings is 1. The number of carbonyl (C=O) groups is 1. The SMILES string of the molecule is CC(C)(C)OC(=O)C[NH+]1CCN(S(=O)(=O)c2ccc(F)cc2F)CC1. The van der Waals surface area contributed by atoms with Gasteiger partial charge >= 0.3 is 5.97 Å². The Morgan fingerprint density at radius 1 is 1.24 bits per heavy atom. The first-order chi connectivity index (χ1) is 11.5. The van der Waals surface area contributed by atoms with E-state index < -0.39 is 32.2 Å². The second-order valence-corrected chi connectivity index (χ2v) is 8.90. The van der Waals surface area contributed by atoms with Crippen LogP contribution in [0, 0.1) is 11.6 Å². The van der Waals surface area contributed by atoms with E-state index >= 15 is 0 Å². The van der Waals surface area contributed by atoms with Gasteiger partial charge in [0.05, 0.1) is 26.2 Å². The van der Waals surface area contributed by atoms with Crippen molar-refractivity contribution < 1.29 is 31.6 Å². The molecule has 1 fully saturated rings. The molecule has 0 aliphatic carbocycles. The lowest BCUT2D eigenvalue weighted by atomic mass is 10.2. The van der Waals surface area contributed by atoms with E-state index in [1.165, 1.54) is 0 Å². The average Bonchev–Trinajstić information content (AvgIpc) is 2.45. The smallest absolute Gasteiger partial charge is 0.362 e. The molecule has 0 radical (unpaired) electrons. The van der Waals surface area contributed by atoms with Gasteiger partial charge in [0.1, 0.15) is 22.1 Å². The third kappa shape index (κ3) is 5.20. The number of halogens is 2. The minimum atomic E-state index is -4.03. The number of carbonyl (C=O) groups excluding carboxylic acids is 1. The minimum Gasteiger partial charge on any atom is -0.456 e. The zero-order chi connectivity index (χ0) is 18.8. The standard InChI is InChI=1S/C16H22F2N2O4S/c1-16(2,3)24-15(21)11-19-6-8-20(9-7-19)25(22,23)14-5-4-12(17)10-13(14)18/h4-5,10H,6-9,11H2,1-3H3/p+1. The Bertz CT molecular complexity index is 739. The Morgan fingerprint density at radius 2 is 1.84 bits per heavy atom. The molecule has 1 aliphatic rings. The molecule has 1 aromatic rings. The Hall–Kier alpha value is -1.58. The maximum absolute atomic E-state index is 13.8. The molecule has 0 saturated carbocycles. The molecule has 0 atom stereocenters. The third-order valence-electron chi connectivity index (χ3n) is 3.76. The van der Waals surface area contributed by atoms with Crippen LogP contribution >= 0.6 is 0 Å². The largest absolute Gasteiger partial charge is 0.456 e. The lowest BCUT2D eigenvalue weighted by molar-refractivity contribution is -0.896. The topological polar surface area (TPSA) is 68.1 Å². The van der Waals surface area contributed by atoms with Crippen molar-refractivity contribution in [1.82, 2.24) is 4.31 Å². The number of nitrogens with one attached hydrogen (secondary N) is 1. The lowest BCUT2D eigenvalue weighted by Gasteiger charge is -2.31. The van der Waals surface area contributed by atoms with E-state index in [2.05, 4.69) is 0 Å². The maximum Gasteiger partial charge on any atom is 0.362 e. The van der Waals surface area contributed by atoms with Crippen LogP contribution in [-0.4, -0.2) is 57.0 Å². The Labute approximate surface area is 146 Å². The fourth-order valence-corrected chi connectivity index (χ4v) is 4.11. The summed E-state index contributed by atoms with van der Waals surface area (Å²) >= 11 is 0. The molecule has 25 heavy (non-hydrogen) atoms. The highest BCUT2D eigenvalue weighted by Gasteiger charge is 2.33. The highest BCUT2D eigenvalue weighted by Crippen LogP contribution is 2.20.